The summed E-state index contributed by atoms with van der Waals surface area (Å²) in [4.78, 5) is 0. The zero-order valence-electron chi connectivity index (χ0n) is 9.76. The Labute approximate surface area is 110 Å². The molecule has 2 aromatic rings. The summed E-state index contributed by atoms with van der Waals surface area (Å²) >= 11 is 6.09. The van der Waals surface area contributed by atoms with Crippen LogP contribution in [-0.4, -0.2) is 16.5 Å². The van der Waals surface area contributed by atoms with E-state index in [9.17, 15) is 5.11 Å². The fourth-order valence-electron chi connectivity index (χ4n) is 1.83. The van der Waals surface area contributed by atoms with E-state index in [2.05, 4.69) is 5.16 Å². The van der Waals surface area contributed by atoms with Crippen molar-refractivity contribution in [1.82, 2.24) is 0 Å². The van der Waals surface area contributed by atoms with Gasteiger partial charge in [-0.1, -0.05) is 35.0 Å². The molecule has 18 heavy (non-hydrogen) atoms. The van der Waals surface area contributed by atoms with Crippen LogP contribution in [0, 0.1) is 6.92 Å². The van der Waals surface area contributed by atoms with Crippen LogP contribution in [0.3, 0.4) is 0 Å². The standard InChI is InChI=1S/C14H12ClNO2/c1-9-6-12(17)4-5-13(9)10-2-3-11(8-16-18)14(15)7-10/h2-8,17-18H,1H3. The molecule has 0 aromatic heterocycles. The van der Waals surface area contributed by atoms with E-state index in [-0.39, 0.29) is 5.75 Å². The number of oxime groups is 1. The number of benzene rings is 2. The maximum Gasteiger partial charge on any atom is 0.115 e. The molecule has 0 saturated carbocycles. The van der Waals surface area contributed by atoms with Crippen molar-refractivity contribution >= 4 is 17.8 Å². The lowest BCUT2D eigenvalue weighted by atomic mass is 9.99. The lowest BCUT2D eigenvalue weighted by Crippen LogP contribution is -1.87. The van der Waals surface area contributed by atoms with Gasteiger partial charge in [0.2, 0.25) is 0 Å². The van der Waals surface area contributed by atoms with Crippen LogP contribution < -0.4 is 0 Å². The molecule has 0 heterocycles. The van der Waals surface area contributed by atoms with E-state index >= 15 is 0 Å². The molecule has 0 radical (unpaired) electrons. The zero-order valence-corrected chi connectivity index (χ0v) is 10.5. The summed E-state index contributed by atoms with van der Waals surface area (Å²) < 4.78 is 0. The van der Waals surface area contributed by atoms with Crippen molar-refractivity contribution in [2.75, 3.05) is 0 Å². The molecule has 0 unspecified atom stereocenters. The fraction of sp³-hybridized carbons (Fsp3) is 0.0714. The highest BCUT2D eigenvalue weighted by atomic mass is 35.5. The van der Waals surface area contributed by atoms with E-state index in [1.54, 1.807) is 24.3 Å². The van der Waals surface area contributed by atoms with E-state index < -0.39 is 0 Å². The average molecular weight is 262 g/mol. The molecule has 3 nitrogen and oxygen atoms in total. The first-order valence-corrected chi connectivity index (χ1v) is 5.76. The summed E-state index contributed by atoms with van der Waals surface area (Å²) in [5.41, 5.74) is 3.57. The molecule has 2 aromatic carbocycles. The van der Waals surface area contributed by atoms with Gasteiger partial charge >= 0.3 is 0 Å². The van der Waals surface area contributed by atoms with Crippen LogP contribution in [0.25, 0.3) is 11.1 Å². The van der Waals surface area contributed by atoms with Gasteiger partial charge in [0.15, 0.2) is 0 Å². The minimum absolute atomic E-state index is 0.242. The zero-order chi connectivity index (χ0) is 13.1. The monoisotopic (exact) mass is 261 g/mol. The Morgan fingerprint density at radius 1 is 1.17 bits per heavy atom. The molecule has 0 aliphatic rings. The highest BCUT2D eigenvalue weighted by Gasteiger charge is 2.05. The normalized spacial score (nSPS) is 11.0. The second-order valence-electron chi connectivity index (χ2n) is 3.98. The Bertz CT molecular complexity index is 609. The minimum Gasteiger partial charge on any atom is -0.508 e. The molecule has 2 N–H and O–H groups in total. The predicted molar refractivity (Wildman–Crippen MR) is 72.7 cm³/mol. The lowest BCUT2D eigenvalue weighted by Gasteiger charge is -2.08. The Morgan fingerprint density at radius 3 is 2.56 bits per heavy atom. The van der Waals surface area contributed by atoms with Gasteiger partial charge in [0.05, 0.1) is 11.2 Å². The third-order valence-corrected chi connectivity index (χ3v) is 3.05. The lowest BCUT2D eigenvalue weighted by molar-refractivity contribution is 0.322. The van der Waals surface area contributed by atoms with Crippen LogP contribution >= 0.6 is 11.6 Å². The maximum absolute atomic E-state index is 9.38. The number of hydrogen-bond acceptors (Lipinski definition) is 3. The summed E-state index contributed by atoms with van der Waals surface area (Å²) in [7, 11) is 0. The SMILES string of the molecule is Cc1cc(O)ccc1-c1ccc(C=NO)c(Cl)c1. The topological polar surface area (TPSA) is 52.8 Å². The second-order valence-corrected chi connectivity index (χ2v) is 4.39. The van der Waals surface area contributed by atoms with Gasteiger partial charge in [-0.25, -0.2) is 0 Å². The Kier molecular flexibility index (Phi) is 3.53. The Hall–Kier alpha value is -2.00. The van der Waals surface area contributed by atoms with E-state index in [0.717, 1.165) is 16.7 Å². The summed E-state index contributed by atoms with van der Waals surface area (Å²) in [6, 6.07) is 10.7. The summed E-state index contributed by atoms with van der Waals surface area (Å²) in [5, 5.41) is 21.3. The Morgan fingerprint density at radius 2 is 1.94 bits per heavy atom. The van der Waals surface area contributed by atoms with Crippen molar-refractivity contribution in [1.29, 1.82) is 0 Å². The second kappa shape index (κ2) is 5.10. The molecule has 0 bridgehead atoms. The Balaban J connectivity index is 2.48. The molecule has 92 valence electrons. The summed E-state index contributed by atoms with van der Waals surface area (Å²) in [6.07, 6.45) is 1.29. The van der Waals surface area contributed by atoms with Gasteiger partial charge in [0.25, 0.3) is 0 Å². The van der Waals surface area contributed by atoms with Gasteiger partial charge in [-0.15, -0.1) is 0 Å². The van der Waals surface area contributed by atoms with Gasteiger partial charge in [-0.3, -0.25) is 0 Å². The number of phenolic OH excluding ortho intramolecular Hbond substituents is 1. The molecular weight excluding hydrogens is 250 g/mol. The number of hydrogen-bond donors (Lipinski definition) is 2. The molecule has 0 aliphatic carbocycles. The highest BCUT2D eigenvalue weighted by molar-refractivity contribution is 6.33. The van der Waals surface area contributed by atoms with Crippen molar-refractivity contribution in [2.45, 2.75) is 6.92 Å². The third kappa shape index (κ3) is 2.46. The van der Waals surface area contributed by atoms with E-state index in [1.165, 1.54) is 6.21 Å². The van der Waals surface area contributed by atoms with Gasteiger partial charge in [0.1, 0.15) is 5.75 Å². The third-order valence-electron chi connectivity index (χ3n) is 2.72. The molecule has 2 rings (SSSR count). The number of rotatable bonds is 2. The van der Waals surface area contributed by atoms with Gasteiger partial charge in [-0.05, 0) is 41.8 Å². The first-order valence-electron chi connectivity index (χ1n) is 5.39. The highest BCUT2D eigenvalue weighted by Crippen LogP contribution is 2.29. The molecule has 0 amide bonds. The molecule has 0 aliphatic heterocycles. The van der Waals surface area contributed by atoms with Gasteiger partial charge in [-0.2, -0.15) is 0 Å². The molecule has 0 atom stereocenters. The van der Waals surface area contributed by atoms with Crippen molar-refractivity contribution in [2.24, 2.45) is 5.16 Å². The maximum atomic E-state index is 9.38. The van der Waals surface area contributed by atoms with Crippen molar-refractivity contribution in [3.8, 4) is 16.9 Å². The van der Waals surface area contributed by atoms with Crippen molar-refractivity contribution in [3.63, 3.8) is 0 Å². The van der Waals surface area contributed by atoms with Crippen LogP contribution in [0.15, 0.2) is 41.6 Å². The van der Waals surface area contributed by atoms with Crippen molar-refractivity contribution in [3.05, 3.63) is 52.5 Å². The minimum atomic E-state index is 0.242. The number of aromatic hydroxyl groups is 1. The van der Waals surface area contributed by atoms with Gasteiger partial charge in [0, 0.05) is 5.56 Å². The van der Waals surface area contributed by atoms with Crippen LogP contribution in [0.4, 0.5) is 0 Å². The molecular formula is C14H12ClNO2. The van der Waals surface area contributed by atoms with E-state index in [1.807, 2.05) is 19.1 Å². The van der Waals surface area contributed by atoms with Crippen LogP contribution in [0.2, 0.25) is 5.02 Å². The number of aryl methyl sites for hydroxylation is 1. The van der Waals surface area contributed by atoms with E-state index in [4.69, 9.17) is 16.8 Å². The molecule has 0 fully saturated rings. The van der Waals surface area contributed by atoms with Crippen LogP contribution in [0.5, 0.6) is 5.75 Å². The van der Waals surface area contributed by atoms with Crippen LogP contribution in [0.1, 0.15) is 11.1 Å². The summed E-state index contributed by atoms with van der Waals surface area (Å²) in [5.74, 6) is 0.242. The van der Waals surface area contributed by atoms with Gasteiger partial charge < -0.3 is 10.3 Å². The number of phenols is 1. The first-order chi connectivity index (χ1) is 8.61. The summed E-state index contributed by atoms with van der Waals surface area (Å²) in [6.45, 7) is 1.92. The quantitative estimate of drug-likeness (QED) is 0.490. The van der Waals surface area contributed by atoms with Crippen molar-refractivity contribution < 1.29 is 10.3 Å². The number of nitrogens with zero attached hydrogens (tertiary/aromatic N) is 1. The average Bonchev–Trinajstić information content (AvgIpc) is 2.32. The largest absolute Gasteiger partial charge is 0.508 e. The number of halogens is 1. The smallest absolute Gasteiger partial charge is 0.115 e. The fourth-order valence-corrected chi connectivity index (χ4v) is 2.06. The van der Waals surface area contributed by atoms with E-state index in [0.29, 0.717) is 10.6 Å². The predicted octanol–water partition coefficient (Wildman–Crippen LogP) is 3.83. The van der Waals surface area contributed by atoms with Crippen LogP contribution in [-0.2, 0) is 0 Å². The molecule has 4 heteroatoms. The molecule has 0 spiro atoms. The first kappa shape index (κ1) is 12.5. The molecule has 0 saturated heterocycles.